The minimum atomic E-state index is -0.362. The Kier molecular flexibility index (Phi) is 8.00. The molecule has 1 aromatic rings. The van der Waals surface area contributed by atoms with Gasteiger partial charge in [-0.05, 0) is 30.5 Å². The Morgan fingerprint density at radius 2 is 1.69 bits per heavy atom. The van der Waals surface area contributed by atoms with Crippen molar-refractivity contribution >= 4 is 17.5 Å². The molecule has 2 amide bonds. The smallest absolute Gasteiger partial charge is 0.279 e. The van der Waals surface area contributed by atoms with E-state index < -0.39 is 0 Å². The highest BCUT2D eigenvalue weighted by atomic mass is 19.1. The first-order valence-corrected chi connectivity index (χ1v) is 9.41. The molecule has 1 fully saturated rings. The summed E-state index contributed by atoms with van der Waals surface area (Å²) in [5.41, 5.74) is 0.483. The number of benzene rings is 1. The molecule has 1 aliphatic rings. The Bertz CT molecular complexity index is 601. The van der Waals surface area contributed by atoms with Crippen molar-refractivity contribution in [3.63, 3.8) is 0 Å². The molecule has 144 valence electrons. The zero-order valence-electron chi connectivity index (χ0n) is 15.7. The predicted molar refractivity (Wildman–Crippen MR) is 98.6 cm³/mol. The van der Waals surface area contributed by atoms with Crippen molar-refractivity contribution in [2.24, 2.45) is 5.92 Å². The van der Waals surface area contributed by atoms with E-state index in [1.54, 1.807) is 12.1 Å². The zero-order valence-corrected chi connectivity index (χ0v) is 15.7. The molecule has 0 aliphatic carbocycles. The molecule has 0 saturated carbocycles. The van der Waals surface area contributed by atoms with Crippen LogP contribution >= 0.6 is 0 Å². The lowest BCUT2D eigenvalue weighted by atomic mass is 10.1. The molecule has 0 spiro atoms. The Hall–Kier alpha value is -1.99. The molecule has 4 N–H and O–H groups in total. The number of rotatable bonds is 8. The van der Waals surface area contributed by atoms with Crippen molar-refractivity contribution in [3.8, 4) is 0 Å². The SMILES string of the molecule is CC(C)CCNC(=O)C[NH+]1CC[NH+](CC(=O)Nc2cccc(F)c2)CC1. The number of carbonyl (C=O) groups is 2. The van der Waals surface area contributed by atoms with Crippen molar-refractivity contribution in [1.29, 1.82) is 0 Å². The maximum Gasteiger partial charge on any atom is 0.279 e. The summed E-state index contributed by atoms with van der Waals surface area (Å²) in [6.45, 7) is 9.34. The van der Waals surface area contributed by atoms with E-state index in [4.69, 9.17) is 0 Å². The third kappa shape index (κ3) is 7.49. The van der Waals surface area contributed by atoms with E-state index in [1.165, 1.54) is 21.9 Å². The van der Waals surface area contributed by atoms with E-state index in [0.29, 0.717) is 24.7 Å². The van der Waals surface area contributed by atoms with Crippen LogP contribution in [0.5, 0.6) is 0 Å². The molecular formula is C19H31FN4O2+2. The molecule has 6 nitrogen and oxygen atoms in total. The number of anilines is 1. The van der Waals surface area contributed by atoms with Crippen LogP contribution in [0, 0.1) is 11.7 Å². The average Bonchev–Trinajstić information content (AvgIpc) is 2.56. The van der Waals surface area contributed by atoms with E-state index in [2.05, 4.69) is 24.5 Å². The first kappa shape index (κ1) is 20.3. The third-order valence-electron chi connectivity index (χ3n) is 4.64. The van der Waals surface area contributed by atoms with Crippen LogP contribution in [0.15, 0.2) is 24.3 Å². The number of quaternary nitrogens is 2. The monoisotopic (exact) mass is 366 g/mol. The maximum atomic E-state index is 13.1. The van der Waals surface area contributed by atoms with Gasteiger partial charge in [-0.1, -0.05) is 19.9 Å². The Morgan fingerprint density at radius 1 is 1.08 bits per heavy atom. The number of carbonyl (C=O) groups excluding carboxylic acids is 2. The minimum Gasteiger partial charge on any atom is -0.351 e. The van der Waals surface area contributed by atoms with Gasteiger partial charge in [0.1, 0.15) is 32.0 Å². The van der Waals surface area contributed by atoms with Crippen LogP contribution in [0.1, 0.15) is 20.3 Å². The molecule has 26 heavy (non-hydrogen) atoms. The quantitative estimate of drug-likeness (QED) is 0.463. The summed E-state index contributed by atoms with van der Waals surface area (Å²) in [4.78, 5) is 26.5. The van der Waals surface area contributed by atoms with Gasteiger partial charge < -0.3 is 20.4 Å². The second kappa shape index (κ2) is 10.2. The van der Waals surface area contributed by atoms with Crippen LogP contribution in [0.25, 0.3) is 0 Å². The van der Waals surface area contributed by atoms with Gasteiger partial charge >= 0.3 is 0 Å². The van der Waals surface area contributed by atoms with Crippen molar-refractivity contribution in [2.75, 3.05) is 51.1 Å². The predicted octanol–water partition coefficient (Wildman–Crippen LogP) is -1.29. The Morgan fingerprint density at radius 3 is 2.27 bits per heavy atom. The number of halogens is 1. The van der Waals surface area contributed by atoms with Crippen LogP contribution in [0.3, 0.4) is 0 Å². The Labute approximate surface area is 154 Å². The van der Waals surface area contributed by atoms with Crippen molar-refractivity contribution in [3.05, 3.63) is 30.1 Å². The fraction of sp³-hybridized carbons (Fsp3) is 0.579. The molecular weight excluding hydrogens is 335 g/mol. The molecule has 0 radical (unpaired) electrons. The molecule has 0 aromatic heterocycles. The first-order chi connectivity index (χ1) is 12.4. The number of hydrogen-bond acceptors (Lipinski definition) is 2. The third-order valence-corrected chi connectivity index (χ3v) is 4.64. The van der Waals surface area contributed by atoms with Gasteiger partial charge in [0.25, 0.3) is 11.8 Å². The number of piperazine rings is 1. The molecule has 0 bridgehead atoms. The summed E-state index contributed by atoms with van der Waals surface area (Å²) in [7, 11) is 0. The lowest BCUT2D eigenvalue weighted by Gasteiger charge is -2.29. The van der Waals surface area contributed by atoms with Crippen LogP contribution in [-0.2, 0) is 9.59 Å². The van der Waals surface area contributed by atoms with E-state index in [9.17, 15) is 14.0 Å². The lowest BCUT2D eigenvalue weighted by Crippen LogP contribution is -3.28. The number of hydrogen-bond donors (Lipinski definition) is 4. The topological polar surface area (TPSA) is 67.1 Å². The van der Waals surface area contributed by atoms with Gasteiger partial charge in [0, 0.05) is 12.2 Å². The highest BCUT2D eigenvalue weighted by Crippen LogP contribution is 2.08. The van der Waals surface area contributed by atoms with E-state index in [-0.39, 0.29) is 17.6 Å². The van der Waals surface area contributed by atoms with Crippen LogP contribution < -0.4 is 20.4 Å². The maximum absolute atomic E-state index is 13.1. The van der Waals surface area contributed by atoms with Crippen molar-refractivity contribution in [2.45, 2.75) is 20.3 Å². The van der Waals surface area contributed by atoms with Gasteiger partial charge in [-0.3, -0.25) is 9.59 Å². The molecule has 0 atom stereocenters. The second-order valence-electron chi connectivity index (χ2n) is 7.44. The van der Waals surface area contributed by atoms with Gasteiger partial charge in [0.15, 0.2) is 13.1 Å². The lowest BCUT2D eigenvalue weighted by molar-refractivity contribution is -1.00. The summed E-state index contributed by atoms with van der Waals surface area (Å²) < 4.78 is 13.1. The average molecular weight is 366 g/mol. The Balaban J connectivity index is 1.65. The van der Waals surface area contributed by atoms with Crippen LogP contribution in [-0.4, -0.2) is 57.6 Å². The summed E-state index contributed by atoms with van der Waals surface area (Å²) in [5.74, 6) is 0.223. The van der Waals surface area contributed by atoms with Gasteiger partial charge in [-0.15, -0.1) is 0 Å². The normalized spacial score (nSPS) is 20.0. The summed E-state index contributed by atoms with van der Waals surface area (Å²) in [6.07, 6.45) is 0.999. The zero-order chi connectivity index (χ0) is 18.9. The summed E-state index contributed by atoms with van der Waals surface area (Å²) >= 11 is 0. The molecule has 0 unspecified atom stereocenters. The highest BCUT2D eigenvalue weighted by molar-refractivity contribution is 5.91. The molecule has 1 aliphatic heterocycles. The standard InChI is InChI=1S/C19H29FN4O2/c1-15(2)6-7-21-18(25)13-23-8-10-24(11-9-23)14-19(26)22-17-5-3-4-16(20)12-17/h3-5,12,15H,6-11,13-14H2,1-2H3,(H,21,25)(H,22,26)/p+2. The molecule has 1 saturated heterocycles. The summed E-state index contributed by atoms with van der Waals surface area (Å²) in [6, 6.07) is 5.91. The minimum absolute atomic E-state index is 0.105. The largest absolute Gasteiger partial charge is 0.351 e. The van der Waals surface area contributed by atoms with Crippen LogP contribution in [0.4, 0.5) is 10.1 Å². The molecule has 1 aromatic carbocycles. The fourth-order valence-electron chi connectivity index (χ4n) is 3.10. The number of amides is 2. The highest BCUT2D eigenvalue weighted by Gasteiger charge is 2.26. The van der Waals surface area contributed by atoms with Gasteiger partial charge in [0.2, 0.25) is 0 Å². The molecule has 7 heteroatoms. The van der Waals surface area contributed by atoms with Gasteiger partial charge in [0.05, 0.1) is 0 Å². The van der Waals surface area contributed by atoms with Crippen LogP contribution in [0.2, 0.25) is 0 Å². The number of nitrogens with one attached hydrogen (secondary N) is 4. The molecule has 2 rings (SSSR count). The van der Waals surface area contributed by atoms with Gasteiger partial charge in [-0.25, -0.2) is 4.39 Å². The fourth-order valence-corrected chi connectivity index (χ4v) is 3.10. The van der Waals surface area contributed by atoms with E-state index >= 15 is 0 Å². The van der Waals surface area contributed by atoms with E-state index in [0.717, 1.165) is 39.1 Å². The van der Waals surface area contributed by atoms with Crippen molar-refractivity contribution < 1.29 is 23.8 Å². The van der Waals surface area contributed by atoms with Gasteiger partial charge in [-0.2, -0.15) is 0 Å². The van der Waals surface area contributed by atoms with E-state index in [1.807, 2.05) is 0 Å². The summed E-state index contributed by atoms with van der Waals surface area (Å²) in [5, 5.41) is 5.71. The van der Waals surface area contributed by atoms with Crippen molar-refractivity contribution in [1.82, 2.24) is 5.32 Å². The molecule has 1 heterocycles. The second-order valence-corrected chi connectivity index (χ2v) is 7.44. The first-order valence-electron chi connectivity index (χ1n) is 9.41.